The topological polar surface area (TPSA) is 58.1 Å². The number of aryl methyl sites for hydroxylation is 1. The first kappa shape index (κ1) is 18.0. The second kappa shape index (κ2) is 8.02. The van der Waals surface area contributed by atoms with E-state index in [4.69, 9.17) is 23.2 Å². The highest BCUT2D eigenvalue weighted by atomic mass is 35.5. The molecule has 1 saturated heterocycles. The summed E-state index contributed by atoms with van der Waals surface area (Å²) in [6.07, 6.45) is 4.42. The summed E-state index contributed by atoms with van der Waals surface area (Å²) in [7, 11) is 0. The van der Waals surface area contributed by atoms with Crippen molar-refractivity contribution >= 4 is 40.7 Å². The van der Waals surface area contributed by atoms with Crippen LogP contribution in [0.5, 0.6) is 0 Å². The van der Waals surface area contributed by atoms with E-state index in [1.54, 1.807) is 24.3 Å². The van der Waals surface area contributed by atoms with E-state index in [-0.39, 0.29) is 5.91 Å². The summed E-state index contributed by atoms with van der Waals surface area (Å²) in [4.78, 5) is 23.4. The van der Waals surface area contributed by atoms with Gasteiger partial charge in [0.25, 0.3) is 5.91 Å². The molecule has 0 bridgehead atoms. The lowest BCUT2D eigenvalue weighted by Crippen LogP contribution is -2.32. The predicted molar refractivity (Wildman–Crippen MR) is 101 cm³/mol. The molecule has 0 atom stereocenters. The van der Waals surface area contributed by atoms with E-state index in [1.165, 1.54) is 12.8 Å². The third kappa shape index (κ3) is 4.41. The largest absolute Gasteiger partial charge is 0.337 e. The number of nitrogens with one attached hydrogen (secondary N) is 1. The van der Waals surface area contributed by atoms with Crippen LogP contribution < -0.4 is 5.32 Å². The highest BCUT2D eigenvalue weighted by molar-refractivity contribution is 6.39. The molecular weight excluding hydrogens is 359 g/mol. The highest BCUT2D eigenvalue weighted by Gasteiger charge is 2.20. The Morgan fingerprint density at radius 3 is 2.36 bits per heavy atom. The number of benzene rings is 1. The minimum Gasteiger partial charge on any atom is -0.337 e. The fourth-order valence-electron chi connectivity index (χ4n) is 2.90. The van der Waals surface area contributed by atoms with E-state index in [0.29, 0.717) is 33.1 Å². The summed E-state index contributed by atoms with van der Waals surface area (Å²) >= 11 is 12.4. The minimum absolute atomic E-state index is 0.0549. The van der Waals surface area contributed by atoms with Gasteiger partial charge in [0, 0.05) is 18.8 Å². The van der Waals surface area contributed by atoms with Gasteiger partial charge in [-0.05, 0) is 38.0 Å². The summed E-state index contributed by atoms with van der Waals surface area (Å²) in [5.74, 6) is 0.258. The number of carbonyl (C=O) groups is 1. The van der Waals surface area contributed by atoms with Crippen LogP contribution in [0.2, 0.25) is 10.0 Å². The molecule has 1 amide bonds. The number of nitrogens with zero attached hydrogens (tertiary/aromatic N) is 3. The second-order valence-electron chi connectivity index (χ2n) is 6.15. The molecule has 1 fully saturated rings. The van der Waals surface area contributed by atoms with Crippen molar-refractivity contribution in [2.24, 2.45) is 0 Å². The zero-order chi connectivity index (χ0) is 17.8. The summed E-state index contributed by atoms with van der Waals surface area (Å²) in [6.45, 7) is 3.39. The summed E-state index contributed by atoms with van der Waals surface area (Å²) in [5, 5.41) is 3.98. The van der Waals surface area contributed by atoms with Gasteiger partial charge >= 0.3 is 0 Å². The van der Waals surface area contributed by atoms with Crippen LogP contribution in [0, 0.1) is 6.92 Å². The van der Waals surface area contributed by atoms with Crippen molar-refractivity contribution in [3.05, 3.63) is 45.7 Å². The van der Waals surface area contributed by atoms with Gasteiger partial charge < -0.3 is 10.2 Å². The Morgan fingerprint density at radius 2 is 1.72 bits per heavy atom. The van der Waals surface area contributed by atoms with Gasteiger partial charge in [0.1, 0.15) is 5.69 Å². The predicted octanol–water partition coefficient (Wildman–Crippen LogP) is 4.85. The van der Waals surface area contributed by atoms with Crippen LogP contribution in [0.25, 0.3) is 0 Å². The molecule has 1 N–H and O–H groups in total. The molecule has 1 aromatic heterocycles. The number of hydrogen-bond donors (Lipinski definition) is 1. The highest BCUT2D eigenvalue weighted by Crippen LogP contribution is 2.31. The molecular formula is C18H20Cl2N4O. The molecule has 132 valence electrons. The third-order valence-corrected chi connectivity index (χ3v) is 4.80. The molecule has 3 rings (SSSR count). The van der Waals surface area contributed by atoms with Crippen molar-refractivity contribution in [1.82, 2.24) is 14.9 Å². The monoisotopic (exact) mass is 378 g/mol. The number of likely N-dealkylation sites (tertiary alicyclic amines) is 1. The molecule has 0 radical (unpaired) electrons. The van der Waals surface area contributed by atoms with Gasteiger partial charge in [-0.15, -0.1) is 0 Å². The number of hydrogen-bond acceptors (Lipinski definition) is 4. The zero-order valence-electron chi connectivity index (χ0n) is 14.1. The fourth-order valence-corrected chi connectivity index (χ4v) is 3.39. The van der Waals surface area contributed by atoms with Crippen LogP contribution in [0.3, 0.4) is 0 Å². The Labute approximate surface area is 157 Å². The number of anilines is 2. The van der Waals surface area contributed by atoms with Crippen molar-refractivity contribution in [2.45, 2.75) is 32.6 Å². The number of amides is 1. The standard InChI is InChI=1S/C18H20Cl2N4O/c1-12-11-15(17(25)24-9-4-2-3-5-10-24)22-18(21-12)23-16-13(19)7-6-8-14(16)20/h6-8,11H,2-5,9-10H2,1H3,(H,21,22,23). The molecule has 0 aliphatic carbocycles. The lowest BCUT2D eigenvalue weighted by molar-refractivity contribution is 0.0755. The molecule has 2 aromatic rings. The first-order chi connectivity index (χ1) is 12.0. The molecule has 1 aromatic carbocycles. The van der Waals surface area contributed by atoms with Crippen LogP contribution in [0.1, 0.15) is 41.9 Å². The Hall–Kier alpha value is -1.85. The molecule has 5 nitrogen and oxygen atoms in total. The van der Waals surface area contributed by atoms with Crippen molar-refractivity contribution in [3.8, 4) is 0 Å². The molecule has 25 heavy (non-hydrogen) atoms. The van der Waals surface area contributed by atoms with Gasteiger partial charge in [-0.25, -0.2) is 9.97 Å². The molecule has 7 heteroatoms. The van der Waals surface area contributed by atoms with Gasteiger partial charge in [0.15, 0.2) is 0 Å². The Morgan fingerprint density at radius 1 is 1.08 bits per heavy atom. The van der Waals surface area contributed by atoms with Crippen LogP contribution in [0.15, 0.2) is 24.3 Å². The van der Waals surface area contributed by atoms with E-state index in [0.717, 1.165) is 25.9 Å². The van der Waals surface area contributed by atoms with Gasteiger partial charge in [-0.2, -0.15) is 0 Å². The maximum Gasteiger partial charge on any atom is 0.272 e. The molecule has 2 heterocycles. The number of rotatable bonds is 3. The molecule has 1 aliphatic heterocycles. The maximum atomic E-state index is 12.8. The van der Waals surface area contributed by atoms with Crippen molar-refractivity contribution < 1.29 is 4.79 Å². The second-order valence-corrected chi connectivity index (χ2v) is 6.96. The number of para-hydroxylation sites is 1. The summed E-state index contributed by atoms with van der Waals surface area (Å²) < 4.78 is 0. The number of halogens is 2. The summed E-state index contributed by atoms with van der Waals surface area (Å²) in [6, 6.07) is 6.94. The lowest BCUT2D eigenvalue weighted by atomic mass is 10.2. The van der Waals surface area contributed by atoms with E-state index in [9.17, 15) is 4.79 Å². The van der Waals surface area contributed by atoms with Crippen molar-refractivity contribution in [2.75, 3.05) is 18.4 Å². The first-order valence-electron chi connectivity index (χ1n) is 8.40. The number of carbonyl (C=O) groups excluding carboxylic acids is 1. The van der Waals surface area contributed by atoms with E-state index in [2.05, 4.69) is 15.3 Å². The van der Waals surface area contributed by atoms with E-state index >= 15 is 0 Å². The maximum absolute atomic E-state index is 12.8. The van der Waals surface area contributed by atoms with Gasteiger partial charge in [-0.1, -0.05) is 42.1 Å². The van der Waals surface area contributed by atoms with E-state index < -0.39 is 0 Å². The quantitative estimate of drug-likeness (QED) is 0.828. The average molecular weight is 379 g/mol. The fraction of sp³-hybridized carbons (Fsp3) is 0.389. The number of aromatic nitrogens is 2. The van der Waals surface area contributed by atoms with Crippen LogP contribution in [0.4, 0.5) is 11.6 Å². The molecule has 1 aliphatic rings. The minimum atomic E-state index is -0.0549. The average Bonchev–Trinajstić information content (AvgIpc) is 2.86. The van der Waals surface area contributed by atoms with Crippen LogP contribution in [-0.2, 0) is 0 Å². The Balaban J connectivity index is 1.86. The summed E-state index contributed by atoms with van der Waals surface area (Å²) in [5.41, 5.74) is 1.63. The van der Waals surface area contributed by atoms with Crippen molar-refractivity contribution in [3.63, 3.8) is 0 Å². The van der Waals surface area contributed by atoms with Gasteiger partial charge in [0.05, 0.1) is 15.7 Å². The zero-order valence-corrected chi connectivity index (χ0v) is 15.6. The Bertz CT molecular complexity index is 753. The molecule has 0 unspecified atom stereocenters. The molecule has 0 spiro atoms. The van der Waals surface area contributed by atoms with Gasteiger partial charge in [0.2, 0.25) is 5.95 Å². The Kier molecular flexibility index (Phi) is 5.76. The SMILES string of the molecule is Cc1cc(C(=O)N2CCCCCC2)nc(Nc2c(Cl)cccc2Cl)n1. The smallest absolute Gasteiger partial charge is 0.272 e. The van der Waals surface area contributed by atoms with E-state index in [1.807, 2.05) is 11.8 Å². The lowest BCUT2D eigenvalue weighted by Gasteiger charge is -2.20. The normalized spacial score (nSPS) is 14.9. The van der Waals surface area contributed by atoms with Gasteiger partial charge in [-0.3, -0.25) is 4.79 Å². The third-order valence-electron chi connectivity index (χ3n) is 4.17. The van der Waals surface area contributed by atoms with Crippen LogP contribution >= 0.6 is 23.2 Å². The van der Waals surface area contributed by atoms with Crippen molar-refractivity contribution in [1.29, 1.82) is 0 Å². The molecule has 0 saturated carbocycles. The first-order valence-corrected chi connectivity index (χ1v) is 9.16. The van der Waals surface area contributed by atoms with Crippen LogP contribution in [-0.4, -0.2) is 33.9 Å².